The van der Waals surface area contributed by atoms with Gasteiger partial charge in [-0.25, -0.2) is 0 Å². The number of benzene rings is 1. The molecule has 0 radical (unpaired) electrons. The van der Waals surface area contributed by atoms with Crippen molar-refractivity contribution in [3.63, 3.8) is 0 Å². The molecule has 0 saturated heterocycles. The summed E-state index contributed by atoms with van der Waals surface area (Å²) in [5.74, 6) is -0.220. The van der Waals surface area contributed by atoms with Crippen LogP contribution in [0.25, 0.3) is 0 Å². The molecule has 1 N–H and O–H groups in total. The zero-order valence-corrected chi connectivity index (χ0v) is 12.2. The third kappa shape index (κ3) is 3.45. The van der Waals surface area contributed by atoms with Gasteiger partial charge in [0.15, 0.2) is 11.5 Å². The molecule has 6 nitrogen and oxygen atoms in total. The Morgan fingerprint density at radius 3 is 2.57 bits per heavy atom. The molecule has 0 aromatic heterocycles. The van der Waals surface area contributed by atoms with Crippen LogP contribution in [-0.2, 0) is 4.79 Å². The van der Waals surface area contributed by atoms with Crippen molar-refractivity contribution in [3.8, 4) is 11.5 Å². The third-order valence-corrected chi connectivity index (χ3v) is 3.48. The van der Waals surface area contributed by atoms with Gasteiger partial charge in [-0.2, -0.15) is 0 Å². The zero-order valence-electron chi connectivity index (χ0n) is 12.2. The van der Waals surface area contributed by atoms with Crippen molar-refractivity contribution in [2.75, 3.05) is 19.8 Å². The Balaban J connectivity index is 2.25. The number of ether oxygens (including phenoxy) is 2. The lowest BCUT2D eigenvalue weighted by atomic mass is 10.1. The molecule has 1 aliphatic rings. The van der Waals surface area contributed by atoms with E-state index in [1.54, 1.807) is 18.2 Å². The van der Waals surface area contributed by atoms with E-state index in [9.17, 15) is 9.59 Å². The van der Waals surface area contributed by atoms with Gasteiger partial charge < -0.3 is 19.5 Å². The fourth-order valence-electron chi connectivity index (χ4n) is 2.14. The normalized spacial score (nSPS) is 14.4. The lowest BCUT2D eigenvalue weighted by Gasteiger charge is -2.27. The van der Waals surface area contributed by atoms with Crippen molar-refractivity contribution in [1.82, 2.24) is 4.90 Å². The first kappa shape index (κ1) is 15.2. The van der Waals surface area contributed by atoms with Crippen LogP contribution in [0.3, 0.4) is 0 Å². The maximum atomic E-state index is 12.5. The summed E-state index contributed by atoms with van der Waals surface area (Å²) in [6, 6.07) is 4.76. The summed E-state index contributed by atoms with van der Waals surface area (Å²) < 4.78 is 10.9. The number of nitrogens with zero attached hydrogens (tertiary/aromatic N) is 1. The molecule has 2 rings (SSSR count). The first-order valence-electron chi connectivity index (χ1n) is 6.95. The lowest BCUT2D eigenvalue weighted by Crippen LogP contribution is -2.41. The average Bonchev–Trinajstić information content (AvgIpc) is 2.50. The van der Waals surface area contributed by atoms with E-state index in [0.717, 1.165) is 0 Å². The van der Waals surface area contributed by atoms with Crippen LogP contribution in [0, 0.1) is 0 Å². The first-order valence-corrected chi connectivity index (χ1v) is 6.95. The highest BCUT2D eigenvalue weighted by atomic mass is 16.6. The molecule has 114 valence electrons. The Kier molecular flexibility index (Phi) is 4.67. The van der Waals surface area contributed by atoms with Crippen molar-refractivity contribution < 1.29 is 24.2 Å². The van der Waals surface area contributed by atoms with E-state index >= 15 is 0 Å². The van der Waals surface area contributed by atoms with Crippen molar-refractivity contribution in [1.29, 1.82) is 0 Å². The van der Waals surface area contributed by atoms with E-state index in [0.29, 0.717) is 36.7 Å². The lowest BCUT2D eigenvalue weighted by molar-refractivity contribution is -0.138. The molecular weight excluding hydrogens is 274 g/mol. The van der Waals surface area contributed by atoms with Gasteiger partial charge in [0.1, 0.15) is 19.8 Å². The Bertz CT molecular complexity index is 543. The van der Waals surface area contributed by atoms with Crippen molar-refractivity contribution >= 4 is 11.9 Å². The second-order valence-corrected chi connectivity index (χ2v) is 4.94. The Hall–Kier alpha value is -2.24. The Labute approximate surface area is 123 Å². The van der Waals surface area contributed by atoms with Crippen molar-refractivity contribution in [3.05, 3.63) is 23.8 Å². The summed E-state index contributed by atoms with van der Waals surface area (Å²) in [5, 5.41) is 8.98. The molecule has 0 bridgehead atoms. The summed E-state index contributed by atoms with van der Waals surface area (Å²) in [4.78, 5) is 24.8. The van der Waals surface area contributed by atoms with E-state index in [1.165, 1.54) is 4.90 Å². The summed E-state index contributed by atoms with van der Waals surface area (Å²) >= 11 is 0. The minimum absolute atomic E-state index is 0.151. The van der Waals surface area contributed by atoms with Crippen LogP contribution in [0.15, 0.2) is 18.2 Å². The molecule has 1 heterocycles. The van der Waals surface area contributed by atoms with Crippen LogP contribution >= 0.6 is 0 Å². The number of carbonyl (C=O) groups excluding carboxylic acids is 1. The van der Waals surface area contributed by atoms with Crippen LogP contribution < -0.4 is 9.47 Å². The van der Waals surface area contributed by atoms with E-state index in [2.05, 4.69) is 0 Å². The number of fused-ring (bicyclic) bond motifs is 1. The molecule has 1 aliphatic heterocycles. The summed E-state index contributed by atoms with van der Waals surface area (Å²) in [6.07, 6.45) is 0.684. The van der Waals surface area contributed by atoms with E-state index in [-0.39, 0.29) is 18.5 Å². The van der Waals surface area contributed by atoms with Gasteiger partial charge in [-0.3, -0.25) is 9.59 Å². The zero-order chi connectivity index (χ0) is 15.4. The van der Waals surface area contributed by atoms with Gasteiger partial charge >= 0.3 is 5.97 Å². The summed E-state index contributed by atoms with van der Waals surface area (Å²) in [6.45, 7) is 4.35. The molecule has 0 aliphatic carbocycles. The average molecular weight is 293 g/mol. The van der Waals surface area contributed by atoms with Gasteiger partial charge in [-0.1, -0.05) is 6.92 Å². The van der Waals surface area contributed by atoms with E-state index in [1.807, 2.05) is 13.8 Å². The highest BCUT2D eigenvalue weighted by Gasteiger charge is 2.24. The Morgan fingerprint density at radius 1 is 1.29 bits per heavy atom. The summed E-state index contributed by atoms with van der Waals surface area (Å²) in [5.41, 5.74) is 0.404. The molecule has 0 saturated carbocycles. The highest BCUT2D eigenvalue weighted by Crippen LogP contribution is 2.31. The number of amides is 1. The quantitative estimate of drug-likeness (QED) is 0.895. The van der Waals surface area contributed by atoms with Crippen LogP contribution in [0.1, 0.15) is 30.6 Å². The molecule has 1 unspecified atom stereocenters. The maximum Gasteiger partial charge on any atom is 0.323 e. The molecule has 21 heavy (non-hydrogen) atoms. The minimum Gasteiger partial charge on any atom is -0.486 e. The molecule has 1 amide bonds. The molecule has 1 atom stereocenters. The van der Waals surface area contributed by atoms with Gasteiger partial charge in [0.05, 0.1) is 0 Å². The Morgan fingerprint density at radius 2 is 1.95 bits per heavy atom. The number of hydrogen-bond donors (Lipinski definition) is 1. The SMILES string of the molecule is CCC(C)N(CC(=O)O)C(=O)c1ccc2c(c1)OCCO2. The monoisotopic (exact) mass is 293 g/mol. The number of carboxylic acid groups (broad SMARTS) is 1. The number of aliphatic carboxylic acids is 1. The fraction of sp³-hybridized carbons (Fsp3) is 0.467. The maximum absolute atomic E-state index is 12.5. The molecule has 1 aromatic rings. The predicted molar refractivity (Wildman–Crippen MR) is 75.9 cm³/mol. The molecule has 6 heteroatoms. The molecular formula is C15H19NO5. The van der Waals surface area contributed by atoms with Crippen LogP contribution in [0.5, 0.6) is 11.5 Å². The third-order valence-electron chi connectivity index (χ3n) is 3.48. The minimum atomic E-state index is -1.03. The van der Waals surface area contributed by atoms with Gasteiger partial charge in [0.2, 0.25) is 0 Å². The molecule has 0 fully saturated rings. The number of hydrogen-bond acceptors (Lipinski definition) is 4. The van der Waals surface area contributed by atoms with E-state index in [4.69, 9.17) is 14.6 Å². The van der Waals surface area contributed by atoms with Crippen LogP contribution in [0.2, 0.25) is 0 Å². The highest BCUT2D eigenvalue weighted by molar-refractivity contribution is 5.96. The van der Waals surface area contributed by atoms with Gasteiger partial charge in [0.25, 0.3) is 5.91 Å². The number of carbonyl (C=O) groups is 2. The van der Waals surface area contributed by atoms with E-state index < -0.39 is 5.97 Å². The first-order chi connectivity index (χ1) is 10.0. The molecule has 0 spiro atoms. The summed E-state index contributed by atoms with van der Waals surface area (Å²) in [7, 11) is 0. The smallest absolute Gasteiger partial charge is 0.323 e. The van der Waals surface area contributed by atoms with Crippen molar-refractivity contribution in [2.45, 2.75) is 26.3 Å². The van der Waals surface area contributed by atoms with Gasteiger partial charge in [0, 0.05) is 11.6 Å². The predicted octanol–water partition coefficient (Wildman–Crippen LogP) is 1.78. The van der Waals surface area contributed by atoms with Crippen LogP contribution in [0.4, 0.5) is 0 Å². The largest absolute Gasteiger partial charge is 0.486 e. The van der Waals surface area contributed by atoms with Gasteiger partial charge in [-0.05, 0) is 31.5 Å². The molecule has 1 aromatic carbocycles. The number of carboxylic acids is 1. The van der Waals surface area contributed by atoms with Crippen LogP contribution in [-0.4, -0.2) is 47.7 Å². The standard InChI is InChI=1S/C15H19NO5/c1-3-10(2)16(9-14(17)18)15(19)11-4-5-12-13(8-11)21-7-6-20-12/h4-5,8,10H,3,6-7,9H2,1-2H3,(H,17,18). The van der Waals surface area contributed by atoms with Crippen molar-refractivity contribution in [2.24, 2.45) is 0 Å². The second-order valence-electron chi connectivity index (χ2n) is 4.94. The number of rotatable bonds is 5. The fourth-order valence-corrected chi connectivity index (χ4v) is 2.14. The van der Waals surface area contributed by atoms with Gasteiger partial charge in [-0.15, -0.1) is 0 Å². The topological polar surface area (TPSA) is 76.1 Å². The second kappa shape index (κ2) is 6.47.